The maximum absolute atomic E-state index is 12.2. The zero-order valence-electron chi connectivity index (χ0n) is 16.2. The molecular weight excluding hydrogens is 444 g/mol. The molecule has 0 bridgehead atoms. The van der Waals surface area contributed by atoms with Gasteiger partial charge in [-0.2, -0.15) is 0 Å². The Morgan fingerprint density at radius 2 is 1.71 bits per heavy atom. The van der Waals surface area contributed by atoms with Crippen molar-refractivity contribution in [2.45, 2.75) is 6.42 Å². The molecule has 1 aliphatic heterocycles. The fourth-order valence-electron chi connectivity index (χ4n) is 2.68. The van der Waals surface area contributed by atoms with E-state index in [9.17, 15) is 22.8 Å². The summed E-state index contributed by atoms with van der Waals surface area (Å²) in [6.07, 6.45) is 1.39. The Morgan fingerprint density at radius 3 is 2.32 bits per heavy atom. The molecule has 1 aliphatic rings. The molecule has 0 spiro atoms. The van der Waals surface area contributed by atoms with Gasteiger partial charge < -0.3 is 10.6 Å². The van der Waals surface area contributed by atoms with E-state index in [0.717, 1.165) is 10.3 Å². The summed E-state index contributed by atoms with van der Waals surface area (Å²) in [5, 5.41) is 6.60. The van der Waals surface area contributed by atoms with Crippen LogP contribution in [0, 0.1) is 0 Å². The molecule has 0 radical (unpaired) electrons. The number of carbonyl (C=O) groups excluding carboxylic acids is 3. The van der Waals surface area contributed by atoms with Crippen molar-refractivity contribution >= 4 is 56.9 Å². The first kappa shape index (κ1) is 22.3. The van der Waals surface area contributed by atoms with Crippen LogP contribution >= 0.6 is 11.6 Å². The van der Waals surface area contributed by atoms with Crippen LogP contribution in [0.25, 0.3) is 6.08 Å². The molecule has 2 aromatic rings. The maximum atomic E-state index is 12.2. The van der Waals surface area contributed by atoms with E-state index in [1.54, 1.807) is 24.3 Å². The summed E-state index contributed by atoms with van der Waals surface area (Å²) in [5.74, 6) is -0.758. The van der Waals surface area contributed by atoms with Gasteiger partial charge in [0.05, 0.1) is 12.0 Å². The molecule has 0 saturated carbocycles. The van der Waals surface area contributed by atoms with Crippen LogP contribution < -0.4 is 15.4 Å². The lowest BCUT2D eigenvalue weighted by atomic mass is 10.2. The van der Waals surface area contributed by atoms with Crippen molar-refractivity contribution in [1.29, 1.82) is 0 Å². The molecule has 162 valence electrons. The van der Waals surface area contributed by atoms with Crippen molar-refractivity contribution < 1.29 is 22.8 Å². The van der Waals surface area contributed by atoms with Crippen molar-refractivity contribution in [2.24, 2.45) is 0 Å². The molecule has 11 heteroatoms. The number of imide groups is 1. The third kappa shape index (κ3) is 6.56. The number of benzene rings is 2. The van der Waals surface area contributed by atoms with Gasteiger partial charge in [-0.25, -0.2) is 13.2 Å². The number of carbonyl (C=O) groups is 3. The van der Waals surface area contributed by atoms with Crippen LogP contribution in [-0.4, -0.2) is 44.3 Å². The number of nitrogens with one attached hydrogen (secondary N) is 3. The first-order valence-electron chi connectivity index (χ1n) is 9.16. The summed E-state index contributed by atoms with van der Waals surface area (Å²) in [7, 11) is -3.73. The van der Waals surface area contributed by atoms with E-state index < -0.39 is 16.1 Å². The predicted molar refractivity (Wildman–Crippen MR) is 118 cm³/mol. The van der Waals surface area contributed by atoms with Gasteiger partial charge in [-0.1, -0.05) is 23.7 Å². The van der Waals surface area contributed by atoms with Crippen molar-refractivity contribution in [1.82, 2.24) is 10.2 Å². The van der Waals surface area contributed by atoms with E-state index in [1.165, 1.54) is 30.3 Å². The highest BCUT2D eigenvalue weighted by molar-refractivity contribution is 7.95. The van der Waals surface area contributed by atoms with Crippen LogP contribution in [0.5, 0.6) is 0 Å². The lowest BCUT2D eigenvalue weighted by Gasteiger charge is -2.12. The summed E-state index contributed by atoms with van der Waals surface area (Å²) in [5.41, 5.74) is 1.45. The zero-order valence-corrected chi connectivity index (χ0v) is 17.7. The van der Waals surface area contributed by atoms with E-state index in [0.29, 0.717) is 22.0 Å². The second-order valence-corrected chi connectivity index (χ2v) is 8.58. The van der Waals surface area contributed by atoms with Crippen LogP contribution in [0.3, 0.4) is 0 Å². The largest absolute Gasteiger partial charge is 0.329 e. The quantitative estimate of drug-likeness (QED) is 0.520. The van der Waals surface area contributed by atoms with E-state index in [-0.39, 0.29) is 31.3 Å². The molecule has 1 fully saturated rings. The van der Waals surface area contributed by atoms with E-state index in [2.05, 4.69) is 15.4 Å². The Bertz CT molecular complexity index is 1100. The highest BCUT2D eigenvalue weighted by atomic mass is 35.5. The summed E-state index contributed by atoms with van der Waals surface area (Å²) in [6, 6.07) is 12.3. The van der Waals surface area contributed by atoms with E-state index >= 15 is 0 Å². The van der Waals surface area contributed by atoms with Crippen molar-refractivity contribution in [3.05, 3.63) is 64.5 Å². The zero-order chi connectivity index (χ0) is 22.4. The normalized spacial score (nSPS) is 14.0. The monoisotopic (exact) mass is 462 g/mol. The maximum Gasteiger partial charge on any atom is 0.324 e. The highest BCUT2D eigenvalue weighted by Gasteiger charge is 2.28. The van der Waals surface area contributed by atoms with Gasteiger partial charge in [-0.3, -0.25) is 19.2 Å². The Labute approximate surface area is 184 Å². The fourth-order valence-corrected chi connectivity index (χ4v) is 3.68. The fraction of sp³-hybridized carbons (Fsp3) is 0.150. The van der Waals surface area contributed by atoms with Gasteiger partial charge >= 0.3 is 6.03 Å². The SMILES string of the molecule is O=C(CCN1C(=O)CNC1=O)Nc1ccc(NS(=O)(=O)/C=C/c2ccc(Cl)cc2)cc1. The molecule has 3 rings (SSSR count). The molecule has 0 aromatic heterocycles. The smallest absolute Gasteiger partial charge is 0.324 e. The topological polar surface area (TPSA) is 125 Å². The number of hydrogen-bond acceptors (Lipinski definition) is 5. The standard InChI is InChI=1S/C20H19ClN4O5S/c21-15-3-1-14(2-4-15)10-12-31(29,30)24-17-7-5-16(6-8-17)23-18(26)9-11-25-19(27)13-22-20(25)28/h1-8,10,12,24H,9,11,13H2,(H,22,28)(H,23,26)/b12-10+. The lowest BCUT2D eigenvalue weighted by Crippen LogP contribution is -2.33. The number of halogens is 1. The van der Waals surface area contributed by atoms with Gasteiger partial charge in [0.15, 0.2) is 0 Å². The Morgan fingerprint density at radius 1 is 1.06 bits per heavy atom. The van der Waals surface area contributed by atoms with Crippen LogP contribution in [0.1, 0.15) is 12.0 Å². The predicted octanol–water partition coefficient (Wildman–Crippen LogP) is 2.63. The first-order valence-corrected chi connectivity index (χ1v) is 11.1. The second-order valence-electron chi connectivity index (χ2n) is 6.58. The minimum Gasteiger partial charge on any atom is -0.329 e. The molecule has 0 aliphatic carbocycles. The molecule has 1 saturated heterocycles. The number of nitrogens with zero attached hydrogens (tertiary/aromatic N) is 1. The summed E-state index contributed by atoms with van der Waals surface area (Å²) in [4.78, 5) is 35.9. The molecule has 31 heavy (non-hydrogen) atoms. The molecule has 3 N–H and O–H groups in total. The Hall–Kier alpha value is -3.37. The van der Waals surface area contributed by atoms with Gasteiger partial charge in [0, 0.05) is 29.4 Å². The number of rotatable bonds is 8. The number of urea groups is 1. The summed E-state index contributed by atoms with van der Waals surface area (Å²) in [6.45, 7) is -0.0823. The lowest BCUT2D eigenvalue weighted by molar-refractivity contribution is -0.125. The minimum absolute atomic E-state index is 0.0195. The van der Waals surface area contributed by atoms with Crippen molar-refractivity contribution in [3.63, 3.8) is 0 Å². The van der Waals surface area contributed by atoms with Gasteiger partial charge in [0.2, 0.25) is 11.8 Å². The van der Waals surface area contributed by atoms with E-state index in [4.69, 9.17) is 11.6 Å². The molecular formula is C20H19ClN4O5S. The van der Waals surface area contributed by atoms with Crippen LogP contribution in [0.2, 0.25) is 5.02 Å². The second kappa shape index (κ2) is 9.63. The third-order valence-electron chi connectivity index (χ3n) is 4.24. The summed E-state index contributed by atoms with van der Waals surface area (Å²) >= 11 is 5.80. The van der Waals surface area contributed by atoms with Crippen LogP contribution in [0.4, 0.5) is 16.2 Å². The number of hydrogen-bond donors (Lipinski definition) is 3. The van der Waals surface area contributed by atoms with E-state index in [1.807, 2.05) is 0 Å². The van der Waals surface area contributed by atoms with Gasteiger partial charge in [0.1, 0.15) is 0 Å². The van der Waals surface area contributed by atoms with Gasteiger partial charge in [0.25, 0.3) is 10.0 Å². The average molecular weight is 463 g/mol. The van der Waals surface area contributed by atoms with Crippen molar-refractivity contribution in [2.75, 3.05) is 23.1 Å². The minimum atomic E-state index is -3.73. The third-order valence-corrected chi connectivity index (χ3v) is 5.50. The molecule has 0 unspecified atom stereocenters. The van der Waals surface area contributed by atoms with Crippen molar-refractivity contribution in [3.8, 4) is 0 Å². The molecule has 4 amide bonds. The van der Waals surface area contributed by atoms with Crippen LogP contribution in [-0.2, 0) is 19.6 Å². The Balaban J connectivity index is 1.52. The number of amides is 4. The van der Waals surface area contributed by atoms with Crippen LogP contribution in [0.15, 0.2) is 53.9 Å². The first-order chi connectivity index (χ1) is 14.7. The Kier molecular flexibility index (Phi) is 6.93. The molecule has 1 heterocycles. The average Bonchev–Trinajstić information content (AvgIpc) is 3.05. The van der Waals surface area contributed by atoms with Gasteiger partial charge in [-0.15, -0.1) is 0 Å². The molecule has 0 atom stereocenters. The summed E-state index contributed by atoms with van der Waals surface area (Å²) < 4.78 is 26.8. The molecule has 9 nitrogen and oxygen atoms in total. The van der Waals surface area contributed by atoms with Gasteiger partial charge in [-0.05, 0) is 48.0 Å². The molecule has 2 aromatic carbocycles. The number of anilines is 2. The number of sulfonamides is 1. The highest BCUT2D eigenvalue weighted by Crippen LogP contribution is 2.17.